The molecule has 0 aromatic heterocycles. The molecule has 4 N–H and O–H groups in total. The van der Waals surface area contributed by atoms with Crippen LogP contribution in [0.1, 0.15) is 37.3 Å². The van der Waals surface area contributed by atoms with Gasteiger partial charge in [0, 0.05) is 12.3 Å². The van der Waals surface area contributed by atoms with Gasteiger partial charge in [0.2, 0.25) is 11.8 Å². The molecular weight excluding hydrogens is 450 g/mol. The molecule has 3 amide bonds. The van der Waals surface area contributed by atoms with Crippen LogP contribution in [0.15, 0.2) is 48.5 Å². The van der Waals surface area contributed by atoms with E-state index in [1.54, 1.807) is 0 Å². The Morgan fingerprint density at radius 2 is 1.43 bits per heavy atom. The minimum Gasteiger partial charge on any atom is -0.480 e. The van der Waals surface area contributed by atoms with E-state index >= 15 is 0 Å². The predicted molar refractivity (Wildman–Crippen MR) is 128 cm³/mol. The van der Waals surface area contributed by atoms with Crippen molar-refractivity contribution in [1.82, 2.24) is 16.0 Å². The molecule has 0 bridgehead atoms. The molecule has 182 valence electrons. The molecule has 3 atom stereocenters. The molecule has 9 heteroatoms. The quantitative estimate of drug-likeness (QED) is 0.408. The van der Waals surface area contributed by atoms with Gasteiger partial charge in [-0.3, -0.25) is 9.59 Å². The molecule has 1 aliphatic rings. The number of hydrogen-bond acceptors (Lipinski definition) is 5. The summed E-state index contributed by atoms with van der Waals surface area (Å²) in [5, 5.41) is 16.2. The van der Waals surface area contributed by atoms with Gasteiger partial charge in [0.25, 0.3) is 0 Å². The molecule has 0 heterocycles. The van der Waals surface area contributed by atoms with Crippen LogP contribution >= 0.6 is 0 Å². The zero-order valence-electron chi connectivity index (χ0n) is 19.4. The summed E-state index contributed by atoms with van der Waals surface area (Å²) < 4.78 is 5.43. The van der Waals surface area contributed by atoms with Crippen LogP contribution in [0.25, 0.3) is 11.1 Å². The Balaban J connectivity index is 1.52. The van der Waals surface area contributed by atoms with E-state index < -0.39 is 42.0 Å². The Labute approximate surface area is 203 Å². The van der Waals surface area contributed by atoms with E-state index in [1.807, 2.05) is 48.5 Å². The highest BCUT2D eigenvalue weighted by atomic mass is 16.5. The molecule has 0 fully saturated rings. The molecule has 35 heavy (non-hydrogen) atoms. The number of nitrogens with one attached hydrogen (secondary N) is 3. The van der Waals surface area contributed by atoms with Crippen LogP contribution in [-0.2, 0) is 19.1 Å². The molecule has 9 nitrogen and oxygen atoms in total. The monoisotopic (exact) mass is 477 g/mol. The fourth-order valence-electron chi connectivity index (χ4n) is 3.90. The van der Waals surface area contributed by atoms with Gasteiger partial charge in [-0.2, -0.15) is 0 Å². The van der Waals surface area contributed by atoms with E-state index in [9.17, 15) is 19.2 Å². The Bertz CT molecular complexity index is 1130. The summed E-state index contributed by atoms with van der Waals surface area (Å²) in [6.07, 6.45) is 4.15. The summed E-state index contributed by atoms with van der Waals surface area (Å²) in [5.74, 6) is -0.572. The smallest absolute Gasteiger partial charge is 0.407 e. The molecule has 0 radical (unpaired) electrons. The normalized spacial score (nSPS) is 14.3. The lowest BCUT2D eigenvalue weighted by atomic mass is 9.98. The summed E-state index contributed by atoms with van der Waals surface area (Å²) in [5.41, 5.74) is 4.34. The number of ether oxygens (including phenoxy) is 1. The standard InChI is InChI=1S/C26H27N3O6/c1-4-9-22(25(32)33)29-24(31)15(2)27-23(30)16(3)28-26(34)35-14-21-19-12-7-5-10-17(19)18-11-6-8-13-20(18)21/h1,5-8,10-13,15-16,21-22H,9,14H2,2-3H3,(H,27,30)(H,28,34)(H,29,31)(H,32,33)/t15-,16-,22-/m1/s1. The van der Waals surface area contributed by atoms with E-state index in [0.717, 1.165) is 22.3 Å². The van der Waals surface area contributed by atoms with Gasteiger partial charge in [0.05, 0.1) is 0 Å². The third kappa shape index (κ3) is 5.98. The first kappa shape index (κ1) is 25.3. The lowest BCUT2D eigenvalue weighted by Gasteiger charge is -2.20. The lowest BCUT2D eigenvalue weighted by molar-refractivity contribution is -0.142. The number of hydrogen-bond donors (Lipinski definition) is 4. The van der Waals surface area contributed by atoms with Crippen molar-refractivity contribution in [2.24, 2.45) is 0 Å². The van der Waals surface area contributed by atoms with Crippen molar-refractivity contribution in [3.8, 4) is 23.5 Å². The number of carboxylic acids is 1. The minimum atomic E-state index is -1.28. The van der Waals surface area contributed by atoms with E-state index in [-0.39, 0.29) is 18.9 Å². The number of carboxylic acid groups (broad SMARTS) is 1. The SMILES string of the molecule is C#CC[C@@H](NC(=O)[C@@H](C)NC(=O)[C@@H](C)NC(=O)OCC1c2ccccc2-c2ccccc21)C(=O)O. The number of terminal acetylenes is 1. The number of aliphatic carboxylic acids is 1. The molecule has 3 rings (SSSR count). The van der Waals surface area contributed by atoms with Crippen molar-refractivity contribution in [3.05, 3.63) is 59.7 Å². The van der Waals surface area contributed by atoms with Gasteiger partial charge < -0.3 is 25.8 Å². The van der Waals surface area contributed by atoms with Gasteiger partial charge in [-0.1, -0.05) is 48.5 Å². The van der Waals surface area contributed by atoms with Crippen LogP contribution in [0, 0.1) is 12.3 Å². The maximum absolute atomic E-state index is 12.4. The first-order valence-electron chi connectivity index (χ1n) is 11.1. The van der Waals surface area contributed by atoms with Crippen molar-refractivity contribution < 1.29 is 29.0 Å². The Morgan fingerprint density at radius 1 is 0.914 bits per heavy atom. The van der Waals surface area contributed by atoms with Gasteiger partial charge in [0.1, 0.15) is 24.7 Å². The van der Waals surface area contributed by atoms with E-state index in [0.29, 0.717) is 0 Å². The molecule has 2 aromatic rings. The van der Waals surface area contributed by atoms with Crippen LogP contribution in [0.3, 0.4) is 0 Å². The second kappa shape index (κ2) is 11.2. The molecule has 0 unspecified atom stereocenters. The summed E-state index contributed by atoms with van der Waals surface area (Å²) in [7, 11) is 0. The fraction of sp³-hybridized carbons (Fsp3) is 0.308. The van der Waals surface area contributed by atoms with Crippen LogP contribution in [0.2, 0.25) is 0 Å². The molecule has 0 aliphatic heterocycles. The van der Waals surface area contributed by atoms with Gasteiger partial charge in [-0.15, -0.1) is 12.3 Å². The molecule has 2 aromatic carbocycles. The van der Waals surface area contributed by atoms with Crippen molar-refractivity contribution in [2.45, 2.75) is 44.3 Å². The molecule has 0 saturated carbocycles. The highest BCUT2D eigenvalue weighted by Crippen LogP contribution is 2.44. The summed E-state index contributed by atoms with van der Waals surface area (Å²) in [6, 6.07) is 12.6. The zero-order chi connectivity index (χ0) is 25.5. The van der Waals surface area contributed by atoms with Crippen molar-refractivity contribution in [2.75, 3.05) is 6.61 Å². The second-order valence-electron chi connectivity index (χ2n) is 8.23. The topological polar surface area (TPSA) is 134 Å². The van der Waals surface area contributed by atoms with Gasteiger partial charge in [0.15, 0.2) is 0 Å². The number of amides is 3. The maximum Gasteiger partial charge on any atom is 0.407 e. The van der Waals surface area contributed by atoms with Crippen LogP contribution in [0.5, 0.6) is 0 Å². The van der Waals surface area contributed by atoms with Crippen molar-refractivity contribution in [3.63, 3.8) is 0 Å². The third-order valence-corrected chi connectivity index (χ3v) is 5.76. The van der Waals surface area contributed by atoms with Gasteiger partial charge in [-0.25, -0.2) is 9.59 Å². The number of carbonyl (C=O) groups is 4. The van der Waals surface area contributed by atoms with E-state index in [4.69, 9.17) is 16.3 Å². The van der Waals surface area contributed by atoms with Crippen molar-refractivity contribution >= 4 is 23.9 Å². The first-order chi connectivity index (χ1) is 16.7. The highest BCUT2D eigenvalue weighted by Gasteiger charge is 2.30. The highest BCUT2D eigenvalue weighted by molar-refractivity contribution is 5.92. The summed E-state index contributed by atoms with van der Waals surface area (Å²) in [4.78, 5) is 48.1. The van der Waals surface area contributed by atoms with Gasteiger partial charge in [-0.05, 0) is 36.1 Å². The first-order valence-corrected chi connectivity index (χ1v) is 11.1. The molecular formula is C26H27N3O6. The number of fused-ring (bicyclic) bond motifs is 3. The van der Waals surface area contributed by atoms with Crippen LogP contribution in [0.4, 0.5) is 4.79 Å². The number of alkyl carbamates (subject to hydrolysis) is 1. The molecule has 1 aliphatic carbocycles. The molecule has 0 spiro atoms. The number of carbonyl (C=O) groups excluding carboxylic acids is 3. The lowest BCUT2D eigenvalue weighted by Crippen LogP contribution is -2.54. The maximum atomic E-state index is 12.4. The average molecular weight is 478 g/mol. The second-order valence-corrected chi connectivity index (χ2v) is 8.23. The van der Waals surface area contributed by atoms with Crippen molar-refractivity contribution in [1.29, 1.82) is 0 Å². The zero-order valence-corrected chi connectivity index (χ0v) is 19.4. The Morgan fingerprint density at radius 3 is 1.97 bits per heavy atom. The van der Waals surface area contributed by atoms with Crippen LogP contribution in [-0.4, -0.2) is 53.7 Å². The van der Waals surface area contributed by atoms with E-state index in [1.165, 1.54) is 13.8 Å². The largest absolute Gasteiger partial charge is 0.480 e. The Hall–Kier alpha value is -4.32. The van der Waals surface area contributed by atoms with E-state index in [2.05, 4.69) is 21.9 Å². The number of rotatable bonds is 9. The predicted octanol–water partition coefficient (Wildman–Crippen LogP) is 2.01. The summed E-state index contributed by atoms with van der Waals surface area (Å²) in [6.45, 7) is 2.93. The number of benzene rings is 2. The molecule has 0 saturated heterocycles. The minimum absolute atomic E-state index is 0.0960. The average Bonchev–Trinajstić information content (AvgIpc) is 3.15. The van der Waals surface area contributed by atoms with Crippen LogP contribution < -0.4 is 16.0 Å². The third-order valence-electron chi connectivity index (χ3n) is 5.76. The van der Waals surface area contributed by atoms with Gasteiger partial charge >= 0.3 is 12.1 Å². The summed E-state index contributed by atoms with van der Waals surface area (Å²) >= 11 is 0. The Kier molecular flexibility index (Phi) is 8.10. The fourth-order valence-corrected chi connectivity index (χ4v) is 3.90.